The maximum absolute atomic E-state index is 13.3. The number of benzene rings is 3. The van der Waals surface area contributed by atoms with E-state index in [1.54, 1.807) is 12.1 Å². The summed E-state index contributed by atoms with van der Waals surface area (Å²) in [5, 5.41) is 9.05. The molecule has 0 radical (unpaired) electrons. The number of rotatable bonds is 6. The SMILES string of the molecule is O=C(O)c1ccc(C(S(=O)(=O)c2ccccc2)S(=O)(=O)c2ccccc2)cc1. The van der Waals surface area contributed by atoms with Gasteiger partial charge in [0.2, 0.25) is 0 Å². The summed E-state index contributed by atoms with van der Waals surface area (Å²) in [6.07, 6.45) is 0. The Morgan fingerprint density at radius 3 is 1.39 bits per heavy atom. The molecule has 0 aliphatic rings. The second kappa shape index (κ2) is 7.57. The molecule has 0 aliphatic carbocycles. The van der Waals surface area contributed by atoms with Crippen molar-refractivity contribution in [3.8, 4) is 0 Å². The van der Waals surface area contributed by atoms with Gasteiger partial charge in [0.25, 0.3) is 0 Å². The van der Waals surface area contributed by atoms with E-state index in [1.165, 1.54) is 72.8 Å². The first-order valence-electron chi connectivity index (χ1n) is 8.16. The number of carboxylic acids is 1. The Balaban J connectivity index is 2.24. The molecular formula is C20H16O6S2. The molecule has 3 rings (SSSR count). The maximum Gasteiger partial charge on any atom is 0.335 e. The minimum absolute atomic E-state index is 0.0299. The van der Waals surface area contributed by atoms with Crippen LogP contribution < -0.4 is 0 Å². The summed E-state index contributed by atoms with van der Waals surface area (Å²) in [5.74, 6) is -1.19. The smallest absolute Gasteiger partial charge is 0.335 e. The van der Waals surface area contributed by atoms with Crippen LogP contribution in [0.15, 0.2) is 94.7 Å². The fraction of sp³-hybridized carbons (Fsp3) is 0.0500. The molecular weight excluding hydrogens is 400 g/mol. The summed E-state index contributed by atoms with van der Waals surface area (Å²) >= 11 is 0. The van der Waals surface area contributed by atoms with Gasteiger partial charge in [0.1, 0.15) is 0 Å². The van der Waals surface area contributed by atoms with E-state index in [4.69, 9.17) is 5.11 Å². The van der Waals surface area contributed by atoms with E-state index in [0.717, 1.165) is 0 Å². The van der Waals surface area contributed by atoms with Crippen LogP contribution in [0.2, 0.25) is 0 Å². The predicted molar refractivity (Wildman–Crippen MR) is 103 cm³/mol. The van der Waals surface area contributed by atoms with Crippen LogP contribution in [0.25, 0.3) is 0 Å². The molecule has 0 amide bonds. The first-order valence-corrected chi connectivity index (χ1v) is 11.2. The predicted octanol–water partition coefficient (Wildman–Crippen LogP) is 3.33. The highest BCUT2D eigenvalue weighted by molar-refractivity contribution is 8.08. The number of aromatic carboxylic acids is 1. The molecule has 0 unspecified atom stereocenters. The average Bonchev–Trinajstić information content (AvgIpc) is 2.69. The number of carbonyl (C=O) groups is 1. The summed E-state index contributed by atoms with van der Waals surface area (Å²) in [6.45, 7) is 0. The third-order valence-electron chi connectivity index (χ3n) is 4.14. The Hall–Kier alpha value is -2.97. The second-order valence-electron chi connectivity index (χ2n) is 5.98. The molecule has 0 aliphatic heterocycles. The van der Waals surface area contributed by atoms with Crippen molar-refractivity contribution in [2.45, 2.75) is 14.4 Å². The molecule has 0 saturated heterocycles. The zero-order chi connectivity index (χ0) is 20.4. The van der Waals surface area contributed by atoms with Crippen LogP contribution in [0.5, 0.6) is 0 Å². The van der Waals surface area contributed by atoms with E-state index in [0.29, 0.717) is 0 Å². The van der Waals surface area contributed by atoms with Crippen LogP contribution in [0.1, 0.15) is 20.5 Å². The highest BCUT2D eigenvalue weighted by atomic mass is 32.3. The van der Waals surface area contributed by atoms with Gasteiger partial charge in [0.05, 0.1) is 15.4 Å². The normalized spacial score (nSPS) is 12.0. The monoisotopic (exact) mass is 416 g/mol. The zero-order valence-corrected chi connectivity index (χ0v) is 16.1. The fourth-order valence-electron chi connectivity index (χ4n) is 2.78. The fourth-order valence-corrected chi connectivity index (χ4v) is 7.37. The van der Waals surface area contributed by atoms with Crippen molar-refractivity contribution in [2.75, 3.05) is 0 Å². The van der Waals surface area contributed by atoms with Gasteiger partial charge in [-0.1, -0.05) is 48.5 Å². The van der Waals surface area contributed by atoms with Crippen molar-refractivity contribution in [3.63, 3.8) is 0 Å². The lowest BCUT2D eigenvalue weighted by atomic mass is 10.1. The van der Waals surface area contributed by atoms with Gasteiger partial charge >= 0.3 is 5.97 Å². The van der Waals surface area contributed by atoms with E-state index in [9.17, 15) is 21.6 Å². The zero-order valence-electron chi connectivity index (χ0n) is 14.5. The summed E-state index contributed by atoms with van der Waals surface area (Å²) in [7, 11) is -8.66. The molecule has 0 fully saturated rings. The van der Waals surface area contributed by atoms with Gasteiger partial charge in [-0.25, -0.2) is 21.6 Å². The first-order chi connectivity index (χ1) is 13.2. The Morgan fingerprint density at radius 2 is 1.04 bits per heavy atom. The molecule has 144 valence electrons. The first kappa shape index (κ1) is 19.8. The van der Waals surface area contributed by atoms with Gasteiger partial charge < -0.3 is 5.11 Å². The van der Waals surface area contributed by atoms with E-state index >= 15 is 0 Å². The molecule has 6 nitrogen and oxygen atoms in total. The minimum Gasteiger partial charge on any atom is -0.478 e. The summed E-state index contributed by atoms with van der Waals surface area (Å²) in [6, 6.07) is 19.4. The standard InChI is InChI=1S/C20H16O6S2/c21-19(22)15-11-13-16(14-12-15)20(27(23,24)17-7-3-1-4-8-17)28(25,26)18-9-5-2-6-10-18/h1-14,20H,(H,21,22). The van der Waals surface area contributed by atoms with Crippen molar-refractivity contribution in [1.82, 2.24) is 0 Å². The van der Waals surface area contributed by atoms with E-state index < -0.39 is 30.2 Å². The Morgan fingerprint density at radius 1 is 0.643 bits per heavy atom. The topological polar surface area (TPSA) is 106 Å². The van der Waals surface area contributed by atoms with Crippen LogP contribution in [0.3, 0.4) is 0 Å². The van der Waals surface area contributed by atoms with E-state index in [1.807, 2.05) is 0 Å². The lowest BCUT2D eigenvalue weighted by molar-refractivity contribution is 0.0697. The average molecular weight is 416 g/mol. The van der Waals surface area contributed by atoms with Crippen LogP contribution in [0.4, 0.5) is 0 Å². The Kier molecular flexibility index (Phi) is 5.35. The Bertz CT molecular complexity index is 1120. The number of hydrogen-bond donors (Lipinski definition) is 1. The lowest BCUT2D eigenvalue weighted by Crippen LogP contribution is -2.23. The van der Waals surface area contributed by atoms with Crippen molar-refractivity contribution >= 4 is 25.6 Å². The van der Waals surface area contributed by atoms with Gasteiger partial charge in [-0.05, 0) is 42.0 Å². The molecule has 0 bridgehead atoms. The third kappa shape index (κ3) is 3.69. The Labute approximate surface area is 162 Å². The summed E-state index contributed by atoms with van der Waals surface area (Å²) < 4.78 is 51.2. The van der Waals surface area contributed by atoms with Crippen molar-refractivity contribution in [3.05, 3.63) is 96.1 Å². The summed E-state index contributed by atoms with van der Waals surface area (Å²) in [4.78, 5) is 10.8. The molecule has 1 N–H and O–H groups in total. The molecule has 28 heavy (non-hydrogen) atoms. The van der Waals surface area contributed by atoms with Crippen LogP contribution >= 0.6 is 0 Å². The second-order valence-corrected chi connectivity index (χ2v) is 10.3. The molecule has 8 heteroatoms. The van der Waals surface area contributed by atoms with Crippen LogP contribution in [0, 0.1) is 0 Å². The van der Waals surface area contributed by atoms with Gasteiger partial charge in [0, 0.05) is 0 Å². The molecule has 3 aromatic carbocycles. The lowest BCUT2D eigenvalue weighted by Gasteiger charge is -2.19. The highest BCUT2D eigenvalue weighted by Crippen LogP contribution is 2.37. The summed E-state index contributed by atoms with van der Waals surface area (Å²) in [5.41, 5.74) is -0.102. The highest BCUT2D eigenvalue weighted by Gasteiger charge is 2.41. The van der Waals surface area contributed by atoms with Crippen molar-refractivity contribution in [2.24, 2.45) is 0 Å². The number of carboxylic acid groups (broad SMARTS) is 1. The van der Waals surface area contributed by atoms with E-state index in [2.05, 4.69) is 0 Å². The van der Waals surface area contributed by atoms with Crippen molar-refractivity contribution < 1.29 is 26.7 Å². The number of hydrogen-bond acceptors (Lipinski definition) is 5. The largest absolute Gasteiger partial charge is 0.478 e. The van der Waals surface area contributed by atoms with Gasteiger partial charge in [-0.3, -0.25) is 0 Å². The quantitative estimate of drug-likeness (QED) is 0.661. The van der Waals surface area contributed by atoms with Gasteiger partial charge in [0.15, 0.2) is 24.3 Å². The molecule has 0 saturated carbocycles. The van der Waals surface area contributed by atoms with Crippen LogP contribution in [-0.4, -0.2) is 27.9 Å². The molecule has 3 aromatic rings. The third-order valence-corrected chi connectivity index (χ3v) is 9.19. The minimum atomic E-state index is -4.33. The van der Waals surface area contributed by atoms with E-state index in [-0.39, 0.29) is 20.9 Å². The molecule has 0 aromatic heterocycles. The van der Waals surface area contributed by atoms with Gasteiger partial charge in [-0.15, -0.1) is 0 Å². The van der Waals surface area contributed by atoms with Crippen molar-refractivity contribution in [1.29, 1.82) is 0 Å². The molecule has 0 atom stereocenters. The molecule has 0 heterocycles. The number of sulfone groups is 2. The molecule has 0 spiro atoms. The van der Waals surface area contributed by atoms with Crippen LogP contribution in [-0.2, 0) is 19.7 Å². The van der Waals surface area contributed by atoms with Gasteiger partial charge in [-0.2, -0.15) is 0 Å². The maximum atomic E-state index is 13.3.